The lowest BCUT2D eigenvalue weighted by Gasteiger charge is -2.28. The summed E-state index contributed by atoms with van der Waals surface area (Å²) in [5.41, 5.74) is 1.38. The van der Waals surface area contributed by atoms with E-state index >= 15 is 0 Å². The summed E-state index contributed by atoms with van der Waals surface area (Å²) in [5.74, 6) is 1.02. The third kappa shape index (κ3) is 6.51. The molecule has 2 N–H and O–H groups in total. The summed E-state index contributed by atoms with van der Waals surface area (Å²) >= 11 is 0. The van der Waals surface area contributed by atoms with Gasteiger partial charge in [-0.1, -0.05) is 12.1 Å². The van der Waals surface area contributed by atoms with Gasteiger partial charge in [-0.25, -0.2) is 0 Å². The van der Waals surface area contributed by atoms with Crippen LogP contribution in [0, 0.1) is 0 Å². The van der Waals surface area contributed by atoms with Crippen LogP contribution < -0.4 is 24.8 Å². The van der Waals surface area contributed by atoms with E-state index in [2.05, 4.69) is 20.4 Å². The van der Waals surface area contributed by atoms with Gasteiger partial charge in [0.2, 0.25) is 0 Å². The van der Waals surface area contributed by atoms with Crippen molar-refractivity contribution in [3.8, 4) is 17.2 Å². The zero-order chi connectivity index (χ0) is 25.6. The van der Waals surface area contributed by atoms with Gasteiger partial charge in [-0.3, -0.25) is 19.4 Å². The number of benzene rings is 2. The molecule has 10 heteroatoms. The molecule has 37 heavy (non-hydrogen) atoms. The van der Waals surface area contributed by atoms with Crippen LogP contribution in [0.15, 0.2) is 42.5 Å². The van der Waals surface area contributed by atoms with E-state index in [1.807, 2.05) is 24.3 Å². The molecule has 198 valence electrons. The summed E-state index contributed by atoms with van der Waals surface area (Å²) in [4.78, 5) is 30.4. The summed E-state index contributed by atoms with van der Waals surface area (Å²) in [5, 5.41) is 6.02. The predicted octanol–water partition coefficient (Wildman–Crippen LogP) is 0.898. The fourth-order valence-electron chi connectivity index (χ4n) is 4.84. The number of methoxy groups -OCH3 is 1. The molecule has 2 saturated heterocycles. The van der Waals surface area contributed by atoms with Gasteiger partial charge in [-0.05, 0) is 35.9 Å². The summed E-state index contributed by atoms with van der Waals surface area (Å²) in [6.07, 6.45) is -0.205. The second-order valence-corrected chi connectivity index (χ2v) is 9.52. The lowest BCUT2D eigenvalue weighted by molar-refractivity contribution is -0.123. The van der Waals surface area contributed by atoms with Crippen LogP contribution in [0.5, 0.6) is 17.2 Å². The largest absolute Gasteiger partial charge is 0.493 e. The van der Waals surface area contributed by atoms with Gasteiger partial charge in [-0.15, -0.1) is 0 Å². The van der Waals surface area contributed by atoms with Crippen LogP contribution >= 0.6 is 0 Å². The first kappa shape index (κ1) is 25.3. The lowest BCUT2D eigenvalue weighted by Crippen LogP contribution is -2.45. The Morgan fingerprint density at radius 2 is 1.78 bits per heavy atom. The second kappa shape index (κ2) is 11.8. The molecule has 4 bridgehead atoms. The molecule has 0 radical (unpaired) electrons. The standard InChI is InChI=1S/C27H34N4O6/c1-34-23-7-4-20-14-24(23)36-18-26(32)28-15-19-2-5-21(6-3-19)37-25-17-31(16-22(25)29-27(20)33)9-8-30-10-12-35-13-11-30/h2-7,14,22,25H,8-13,15-18H2,1H3,(H,28,32)(H,29,33)/t22-,25-/m0/s1. The molecular formula is C27H34N4O6. The van der Waals surface area contributed by atoms with Gasteiger partial charge in [0.25, 0.3) is 11.8 Å². The number of fused-ring (bicyclic) bond motifs is 7. The average Bonchev–Trinajstić information content (AvgIpc) is 3.30. The minimum Gasteiger partial charge on any atom is -0.493 e. The number of rotatable bonds is 4. The molecule has 2 aromatic rings. The number of ether oxygens (including phenoxy) is 4. The third-order valence-electron chi connectivity index (χ3n) is 6.98. The van der Waals surface area contributed by atoms with Gasteiger partial charge in [0, 0.05) is 51.4 Å². The Hall–Kier alpha value is -3.34. The van der Waals surface area contributed by atoms with Crippen LogP contribution in [0.2, 0.25) is 0 Å². The van der Waals surface area contributed by atoms with Gasteiger partial charge >= 0.3 is 0 Å². The average molecular weight is 511 g/mol. The number of morpholine rings is 1. The minimum atomic E-state index is -0.270. The number of likely N-dealkylation sites (tertiary alicyclic amines) is 1. The lowest BCUT2D eigenvalue weighted by atomic mass is 10.1. The van der Waals surface area contributed by atoms with E-state index < -0.39 is 0 Å². The molecule has 0 spiro atoms. The second-order valence-electron chi connectivity index (χ2n) is 9.52. The van der Waals surface area contributed by atoms with Crippen molar-refractivity contribution in [1.29, 1.82) is 0 Å². The van der Waals surface area contributed by atoms with Gasteiger partial charge in [-0.2, -0.15) is 0 Å². The van der Waals surface area contributed by atoms with Gasteiger partial charge in [0.1, 0.15) is 11.9 Å². The monoisotopic (exact) mass is 510 g/mol. The van der Waals surface area contributed by atoms with Crippen LogP contribution in [-0.4, -0.2) is 100.0 Å². The normalized spacial score (nSPS) is 23.3. The highest BCUT2D eigenvalue weighted by Gasteiger charge is 2.36. The summed E-state index contributed by atoms with van der Waals surface area (Å²) in [6, 6.07) is 12.4. The van der Waals surface area contributed by atoms with Crippen molar-refractivity contribution < 1.29 is 28.5 Å². The van der Waals surface area contributed by atoms with Gasteiger partial charge in [0.05, 0.1) is 26.4 Å². The number of hydrogen-bond acceptors (Lipinski definition) is 8. The van der Waals surface area contributed by atoms with E-state index in [0.29, 0.717) is 36.7 Å². The summed E-state index contributed by atoms with van der Waals surface area (Å²) < 4.78 is 22.9. The fourth-order valence-corrected chi connectivity index (χ4v) is 4.84. The Balaban J connectivity index is 1.35. The van der Waals surface area contributed by atoms with Crippen LogP contribution in [0.25, 0.3) is 0 Å². The Kier molecular flexibility index (Phi) is 8.08. The summed E-state index contributed by atoms with van der Waals surface area (Å²) in [6.45, 7) is 6.88. The van der Waals surface area contributed by atoms with E-state index in [0.717, 1.165) is 50.7 Å². The van der Waals surface area contributed by atoms with Crippen molar-refractivity contribution in [3.63, 3.8) is 0 Å². The molecule has 2 amide bonds. The van der Waals surface area contributed by atoms with Crippen molar-refractivity contribution >= 4 is 11.8 Å². The number of nitrogens with one attached hydrogen (secondary N) is 2. The highest BCUT2D eigenvalue weighted by Crippen LogP contribution is 2.28. The maximum Gasteiger partial charge on any atom is 0.258 e. The van der Waals surface area contributed by atoms with E-state index in [4.69, 9.17) is 18.9 Å². The zero-order valence-electron chi connectivity index (χ0n) is 21.1. The molecule has 2 atom stereocenters. The Bertz CT molecular complexity index is 1090. The molecule has 0 aliphatic carbocycles. The number of amides is 2. The molecule has 0 unspecified atom stereocenters. The molecule has 2 fully saturated rings. The zero-order valence-corrected chi connectivity index (χ0v) is 21.1. The van der Waals surface area contributed by atoms with Crippen molar-refractivity contribution in [1.82, 2.24) is 20.4 Å². The predicted molar refractivity (Wildman–Crippen MR) is 136 cm³/mol. The molecule has 4 aliphatic rings. The molecule has 6 rings (SSSR count). The maximum atomic E-state index is 13.3. The first-order valence-corrected chi connectivity index (χ1v) is 12.7. The van der Waals surface area contributed by atoms with E-state index in [1.165, 1.54) is 7.11 Å². The van der Waals surface area contributed by atoms with E-state index in [1.54, 1.807) is 18.2 Å². The molecule has 2 aromatic carbocycles. The Labute approximate surface area is 216 Å². The Morgan fingerprint density at radius 1 is 1.00 bits per heavy atom. The van der Waals surface area contributed by atoms with Crippen LogP contribution in [0.1, 0.15) is 15.9 Å². The topological polar surface area (TPSA) is 102 Å². The highest BCUT2D eigenvalue weighted by atomic mass is 16.5. The van der Waals surface area contributed by atoms with E-state index in [-0.39, 0.29) is 30.6 Å². The van der Waals surface area contributed by atoms with Crippen LogP contribution in [0.3, 0.4) is 0 Å². The number of nitrogens with zero attached hydrogens (tertiary/aromatic N) is 2. The SMILES string of the molecule is COc1ccc2cc1OCC(=O)NCc1ccc(cc1)O[C@H]1CN(CCN3CCOCC3)C[C@@H]1NC2=O. The Morgan fingerprint density at radius 3 is 2.57 bits per heavy atom. The molecule has 0 aromatic heterocycles. The fraction of sp³-hybridized carbons (Fsp3) is 0.481. The smallest absolute Gasteiger partial charge is 0.258 e. The highest BCUT2D eigenvalue weighted by molar-refractivity contribution is 5.95. The van der Waals surface area contributed by atoms with Gasteiger partial charge in [0.15, 0.2) is 18.1 Å². The van der Waals surface area contributed by atoms with Crippen LogP contribution in [0.4, 0.5) is 0 Å². The molecule has 4 heterocycles. The van der Waals surface area contributed by atoms with Crippen molar-refractivity contribution in [2.45, 2.75) is 18.7 Å². The molecule has 0 saturated carbocycles. The number of carbonyl (C=O) groups excluding carboxylic acids is 2. The number of carbonyl (C=O) groups is 2. The van der Waals surface area contributed by atoms with Crippen molar-refractivity contribution in [2.75, 3.05) is 66.2 Å². The van der Waals surface area contributed by atoms with Crippen molar-refractivity contribution in [3.05, 3.63) is 53.6 Å². The van der Waals surface area contributed by atoms with E-state index in [9.17, 15) is 9.59 Å². The first-order chi connectivity index (χ1) is 18.1. The van der Waals surface area contributed by atoms with Gasteiger partial charge < -0.3 is 29.6 Å². The molecular weight excluding hydrogens is 476 g/mol. The number of hydrogen-bond donors (Lipinski definition) is 2. The summed E-state index contributed by atoms with van der Waals surface area (Å²) in [7, 11) is 1.52. The minimum absolute atomic E-state index is 0.189. The van der Waals surface area contributed by atoms with Crippen molar-refractivity contribution in [2.24, 2.45) is 0 Å². The first-order valence-electron chi connectivity index (χ1n) is 12.7. The molecule has 10 nitrogen and oxygen atoms in total. The maximum absolute atomic E-state index is 13.3. The quantitative estimate of drug-likeness (QED) is 0.626. The van der Waals surface area contributed by atoms with Crippen LogP contribution in [-0.2, 0) is 16.1 Å². The third-order valence-corrected chi connectivity index (χ3v) is 6.98. The molecule has 4 aliphatic heterocycles.